The molecule has 1 N–H and O–H groups in total. The Morgan fingerprint density at radius 3 is 2.83 bits per heavy atom. The van der Waals surface area contributed by atoms with Crippen molar-refractivity contribution in [3.63, 3.8) is 0 Å². The quantitative estimate of drug-likeness (QED) is 0.449. The van der Waals surface area contributed by atoms with Gasteiger partial charge in [0, 0.05) is 12.7 Å². The van der Waals surface area contributed by atoms with Gasteiger partial charge in [-0.15, -0.1) is 6.58 Å². The fourth-order valence-electron chi connectivity index (χ4n) is 1.12. The number of nitrogens with one attached hydrogen (secondary N) is 1. The van der Waals surface area contributed by atoms with Gasteiger partial charge in [-0.3, -0.25) is 0 Å². The molecule has 0 atom stereocenters. The van der Waals surface area contributed by atoms with Crippen LogP contribution in [0.15, 0.2) is 35.9 Å². The van der Waals surface area contributed by atoms with Crippen molar-refractivity contribution in [2.24, 2.45) is 0 Å². The lowest BCUT2D eigenvalue weighted by molar-refractivity contribution is 0.144. The molecule has 1 rings (SSSR count). The van der Waals surface area contributed by atoms with E-state index < -0.39 is 10.0 Å². The molecule has 1 aromatic heterocycles. The summed E-state index contributed by atoms with van der Waals surface area (Å²) in [6.07, 6.45) is 3.70. The molecule has 7 heteroatoms. The van der Waals surface area contributed by atoms with E-state index in [9.17, 15) is 8.42 Å². The fraction of sp³-hybridized carbons (Fsp3) is 0.364. The third-order valence-corrected chi connectivity index (χ3v) is 3.69. The number of hydrogen-bond acceptors (Lipinski definition) is 4. The highest BCUT2D eigenvalue weighted by Gasteiger charge is 2.13. The number of aromatic nitrogens is 1. The molecule has 0 saturated carbocycles. The van der Waals surface area contributed by atoms with Gasteiger partial charge in [0.25, 0.3) is 0 Å². The van der Waals surface area contributed by atoms with Crippen molar-refractivity contribution in [3.8, 4) is 0 Å². The predicted molar refractivity (Wildman–Crippen MR) is 70.1 cm³/mol. The first kappa shape index (κ1) is 15.1. The summed E-state index contributed by atoms with van der Waals surface area (Å²) in [6.45, 7) is 4.61. The zero-order valence-corrected chi connectivity index (χ0v) is 11.4. The average molecular weight is 291 g/mol. The molecule has 0 spiro atoms. The standard InChI is InChI=1S/C11H15ClN2O3S/c1-2-3-7-17-8-6-14-18(15,16)10-4-5-11(12)13-9-10/h2,4-5,9,14H,1,3,6-8H2. The molecule has 0 saturated heterocycles. The molecule has 0 fully saturated rings. The van der Waals surface area contributed by atoms with Gasteiger partial charge in [0.05, 0.1) is 13.2 Å². The molecule has 1 aromatic rings. The molecule has 0 unspecified atom stereocenters. The van der Waals surface area contributed by atoms with Crippen LogP contribution in [0.25, 0.3) is 0 Å². The molecule has 1 heterocycles. The second-order valence-corrected chi connectivity index (χ2v) is 5.56. The molecule has 0 bridgehead atoms. The minimum atomic E-state index is -3.54. The van der Waals surface area contributed by atoms with Crippen molar-refractivity contribution in [3.05, 3.63) is 36.1 Å². The minimum Gasteiger partial charge on any atom is -0.380 e. The lowest BCUT2D eigenvalue weighted by Gasteiger charge is -2.06. The van der Waals surface area contributed by atoms with Crippen LogP contribution >= 0.6 is 11.6 Å². The second kappa shape index (κ2) is 7.48. The Bertz CT molecular complexity index is 474. The fourth-order valence-corrected chi connectivity index (χ4v) is 2.19. The minimum absolute atomic E-state index is 0.0815. The van der Waals surface area contributed by atoms with Gasteiger partial charge < -0.3 is 4.74 Å². The van der Waals surface area contributed by atoms with E-state index in [0.29, 0.717) is 13.2 Å². The van der Waals surface area contributed by atoms with E-state index in [1.807, 2.05) is 0 Å². The van der Waals surface area contributed by atoms with Crippen LogP contribution in [0.1, 0.15) is 6.42 Å². The van der Waals surface area contributed by atoms with Gasteiger partial charge >= 0.3 is 0 Å². The molecular formula is C11H15ClN2O3S. The molecule has 5 nitrogen and oxygen atoms in total. The Hall–Kier alpha value is -0.950. The zero-order valence-electron chi connectivity index (χ0n) is 9.80. The van der Waals surface area contributed by atoms with Crippen LogP contribution in [0.4, 0.5) is 0 Å². The Morgan fingerprint density at radius 2 is 2.22 bits per heavy atom. The smallest absolute Gasteiger partial charge is 0.242 e. The second-order valence-electron chi connectivity index (χ2n) is 3.40. The monoisotopic (exact) mass is 290 g/mol. The molecule has 0 aliphatic rings. The van der Waals surface area contributed by atoms with Gasteiger partial charge in [-0.05, 0) is 18.6 Å². The van der Waals surface area contributed by atoms with E-state index in [1.54, 1.807) is 6.08 Å². The van der Waals surface area contributed by atoms with E-state index in [4.69, 9.17) is 16.3 Å². The van der Waals surface area contributed by atoms with E-state index in [2.05, 4.69) is 16.3 Å². The molecule has 0 amide bonds. The van der Waals surface area contributed by atoms with Crippen molar-refractivity contribution >= 4 is 21.6 Å². The zero-order chi connectivity index (χ0) is 13.4. The number of rotatable bonds is 8. The van der Waals surface area contributed by atoms with E-state index in [1.165, 1.54) is 18.3 Å². The highest BCUT2D eigenvalue weighted by atomic mass is 35.5. The SMILES string of the molecule is C=CCCOCCNS(=O)(=O)c1ccc(Cl)nc1. The summed E-state index contributed by atoms with van der Waals surface area (Å²) in [5.41, 5.74) is 0. The summed E-state index contributed by atoms with van der Waals surface area (Å²) in [5, 5.41) is 0.252. The van der Waals surface area contributed by atoms with Gasteiger partial charge in [0.15, 0.2) is 0 Å². The van der Waals surface area contributed by atoms with Gasteiger partial charge in [-0.25, -0.2) is 18.1 Å². The lowest BCUT2D eigenvalue weighted by Crippen LogP contribution is -2.27. The number of halogens is 1. The first-order chi connectivity index (χ1) is 8.56. The van der Waals surface area contributed by atoms with Gasteiger partial charge in [-0.1, -0.05) is 17.7 Å². The maximum Gasteiger partial charge on any atom is 0.242 e. The van der Waals surface area contributed by atoms with Crippen LogP contribution in [0.3, 0.4) is 0 Å². The first-order valence-electron chi connectivity index (χ1n) is 5.36. The molecule has 18 heavy (non-hydrogen) atoms. The Labute approximate surface area is 112 Å². The first-order valence-corrected chi connectivity index (χ1v) is 7.22. The molecule has 0 radical (unpaired) electrons. The van der Waals surface area contributed by atoms with Crippen molar-refractivity contribution < 1.29 is 13.2 Å². The van der Waals surface area contributed by atoms with Crippen molar-refractivity contribution in [2.45, 2.75) is 11.3 Å². The summed E-state index contributed by atoms with van der Waals surface area (Å²) in [5.74, 6) is 0. The number of hydrogen-bond donors (Lipinski definition) is 1. The van der Waals surface area contributed by atoms with Crippen LogP contribution in [0, 0.1) is 0 Å². The summed E-state index contributed by atoms with van der Waals surface area (Å²) in [6, 6.07) is 2.83. The van der Waals surface area contributed by atoms with Gasteiger partial charge in [-0.2, -0.15) is 0 Å². The molecular weight excluding hydrogens is 276 g/mol. The largest absolute Gasteiger partial charge is 0.380 e. The summed E-state index contributed by atoms with van der Waals surface area (Å²) >= 11 is 5.58. The normalized spacial score (nSPS) is 11.4. The molecule has 0 aliphatic heterocycles. The topological polar surface area (TPSA) is 68.3 Å². The Kier molecular flexibility index (Phi) is 6.28. The van der Waals surface area contributed by atoms with E-state index in [0.717, 1.165) is 6.42 Å². The van der Waals surface area contributed by atoms with Crippen molar-refractivity contribution in [2.75, 3.05) is 19.8 Å². The predicted octanol–water partition coefficient (Wildman–Crippen LogP) is 1.61. The number of pyridine rings is 1. The van der Waals surface area contributed by atoms with Gasteiger partial charge in [0.1, 0.15) is 10.0 Å². The number of ether oxygens (including phenoxy) is 1. The van der Waals surface area contributed by atoms with E-state index >= 15 is 0 Å². The van der Waals surface area contributed by atoms with Crippen LogP contribution < -0.4 is 4.72 Å². The highest BCUT2D eigenvalue weighted by Crippen LogP contribution is 2.10. The highest BCUT2D eigenvalue weighted by molar-refractivity contribution is 7.89. The maximum atomic E-state index is 11.8. The third kappa shape index (κ3) is 5.14. The van der Waals surface area contributed by atoms with Crippen LogP contribution in [-0.2, 0) is 14.8 Å². The Balaban J connectivity index is 2.40. The molecule has 0 aliphatic carbocycles. The molecule has 0 aromatic carbocycles. The van der Waals surface area contributed by atoms with Crippen LogP contribution in [0.5, 0.6) is 0 Å². The average Bonchev–Trinajstić information content (AvgIpc) is 2.34. The molecule has 100 valence electrons. The van der Waals surface area contributed by atoms with Crippen molar-refractivity contribution in [1.29, 1.82) is 0 Å². The van der Waals surface area contributed by atoms with E-state index in [-0.39, 0.29) is 16.6 Å². The Morgan fingerprint density at radius 1 is 1.44 bits per heavy atom. The summed E-state index contributed by atoms with van der Waals surface area (Å²) in [7, 11) is -3.54. The van der Waals surface area contributed by atoms with Crippen molar-refractivity contribution in [1.82, 2.24) is 9.71 Å². The number of sulfonamides is 1. The van der Waals surface area contributed by atoms with Crippen LogP contribution in [0.2, 0.25) is 5.15 Å². The number of nitrogens with zero attached hydrogens (tertiary/aromatic N) is 1. The van der Waals surface area contributed by atoms with Gasteiger partial charge in [0.2, 0.25) is 10.0 Å². The summed E-state index contributed by atoms with van der Waals surface area (Å²) < 4.78 is 31.1. The van der Waals surface area contributed by atoms with Crippen LogP contribution in [-0.4, -0.2) is 33.2 Å². The lowest BCUT2D eigenvalue weighted by atomic mass is 10.5. The third-order valence-electron chi connectivity index (χ3n) is 2.02. The maximum absolute atomic E-state index is 11.8. The summed E-state index contributed by atoms with van der Waals surface area (Å²) in [4.78, 5) is 3.80.